The van der Waals surface area contributed by atoms with Crippen molar-refractivity contribution in [2.24, 2.45) is 23.7 Å². The molecule has 0 aromatic heterocycles. The third-order valence-corrected chi connectivity index (χ3v) is 7.54. The molecular formula is C28H41F. The standard InChI is InChI=1S/C28H41F/c1-3-5-6-8-22-11-16-25(17-12-22)26-18-13-23(14-19-26)9-10-24-15-20-27(7-4-2)28(29)21-24/h15,20-23,25-26H,3-8,11-14,16-19H2,1-2H3/t22-,23?,25-,26?. The van der Waals surface area contributed by atoms with Crippen LogP contribution in [0.25, 0.3) is 0 Å². The van der Waals surface area contributed by atoms with E-state index >= 15 is 0 Å². The van der Waals surface area contributed by atoms with Crippen molar-refractivity contribution in [3.05, 3.63) is 35.1 Å². The Kier molecular flexibility index (Phi) is 9.10. The van der Waals surface area contributed by atoms with Crippen LogP contribution in [-0.2, 0) is 6.42 Å². The van der Waals surface area contributed by atoms with Gasteiger partial charge in [-0.15, -0.1) is 0 Å². The van der Waals surface area contributed by atoms with E-state index in [9.17, 15) is 4.39 Å². The van der Waals surface area contributed by atoms with Gasteiger partial charge in [-0.2, -0.15) is 0 Å². The highest BCUT2D eigenvalue weighted by molar-refractivity contribution is 5.37. The molecular weight excluding hydrogens is 355 g/mol. The average Bonchev–Trinajstić information content (AvgIpc) is 2.75. The van der Waals surface area contributed by atoms with Gasteiger partial charge in [-0.1, -0.05) is 76.7 Å². The highest BCUT2D eigenvalue weighted by Crippen LogP contribution is 2.42. The van der Waals surface area contributed by atoms with E-state index in [0.29, 0.717) is 5.92 Å². The second-order valence-electron chi connectivity index (χ2n) is 9.71. The Morgan fingerprint density at radius 3 is 2.17 bits per heavy atom. The minimum Gasteiger partial charge on any atom is -0.207 e. The van der Waals surface area contributed by atoms with Gasteiger partial charge in [-0.3, -0.25) is 0 Å². The molecule has 1 aromatic rings. The lowest BCUT2D eigenvalue weighted by Gasteiger charge is -2.37. The summed E-state index contributed by atoms with van der Waals surface area (Å²) in [5, 5.41) is 0. The predicted octanol–water partition coefficient (Wildman–Crippen LogP) is 8.32. The summed E-state index contributed by atoms with van der Waals surface area (Å²) in [7, 11) is 0. The van der Waals surface area contributed by atoms with E-state index in [1.807, 2.05) is 12.1 Å². The summed E-state index contributed by atoms with van der Waals surface area (Å²) >= 11 is 0. The van der Waals surface area contributed by atoms with E-state index in [0.717, 1.165) is 41.7 Å². The van der Waals surface area contributed by atoms with Gasteiger partial charge < -0.3 is 0 Å². The molecule has 0 atom stereocenters. The van der Waals surface area contributed by atoms with Crippen LogP contribution < -0.4 is 0 Å². The molecule has 2 fully saturated rings. The highest BCUT2D eigenvalue weighted by atomic mass is 19.1. The number of unbranched alkanes of at least 4 members (excludes halogenated alkanes) is 2. The van der Waals surface area contributed by atoms with E-state index in [1.54, 1.807) is 6.07 Å². The zero-order valence-corrected chi connectivity index (χ0v) is 18.8. The second kappa shape index (κ2) is 11.8. The zero-order valence-electron chi connectivity index (χ0n) is 18.8. The van der Waals surface area contributed by atoms with E-state index in [2.05, 4.69) is 25.7 Å². The first-order valence-electron chi connectivity index (χ1n) is 12.5. The molecule has 0 unspecified atom stereocenters. The third kappa shape index (κ3) is 6.87. The van der Waals surface area contributed by atoms with Gasteiger partial charge in [-0.05, 0) is 80.4 Å². The van der Waals surface area contributed by atoms with Crippen LogP contribution in [0.15, 0.2) is 18.2 Å². The predicted molar refractivity (Wildman–Crippen MR) is 122 cm³/mol. The Hall–Kier alpha value is -1.29. The summed E-state index contributed by atoms with van der Waals surface area (Å²) < 4.78 is 14.1. The molecule has 0 bridgehead atoms. The number of benzene rings is 1. The van der Waals surface area contributed by atoms with Gasteiger partial charge in [-0.25, -0.2) is 4.39 Å². The van der Waals surface area contributed by atoms with Crippen LogP contribution in [0.2, 0.25) is 0 Å². The maximum Gasteiger partial charge on any atom is 0.127 e. The molecule has 0 heterocycles. The van der Waals surface area contributed by atoms with Gasteiger partial charge in [0.15, 0.2) is 0 Å². The molecule has 0 amide bonds. The van der Waals surface area contributed by atoms with Crippen LogP contribution in [-0.4, -0.2) is 0 Å². The number of hydrogen-bond acceptors (Lipinski definition) is 0. The SMILES string of the molecule is CCCCC[C@H]1CC[C@H](C2CCC(C#Cc3ccc(CCC)c(F)c3)CC2)CC1. The van der Waals surface area contributed by atoms with Crippen molar-refractivity contribution in [2.75, 3.05) is 0 Å². The molecule has 2 saturated carbocycles. The van der Waals surface area contributed by atoms with Gasteiger partial charge in [0.1, 0.15) is 5.82 Å². The summed E-state index contributed by atoms with van der Waals surface area (Å²) in [5.41, 5.74) is 1.66. The van der Waals surface area contributed by atoms with Gasteiger partial charge >= 0.3 is 0 Å². The third-order valence-electron chi connectivity index (χ3n) is 7.54. The molecule has 0 spiro atoms. The van der Waals surface area contributed by atoms with Crippen LogP contribution in [0.1, 0.15) is 108 Å². The van der Waals surface area contributed by atoms with Crippen molar-refractivity contribution < 1.29 is 4.39 Å². The fraction of sp³-hybridized carbons (Fsp3) is 0.714. The Labute approximate surface area is 179 Å². The van der Waals surface area contributed by atoms with E-state index in [-0.39, 0.29) is 5.82 Å². The Bertz CT molecular complexity index is 663. The maximum atomic E-state index is 14.1. The van der Waals surface area contributed by atoms with Crippen LogP contribution in [0.5, 0.6) is 0 Å². The molecule has 0 N–H and O–H groups in total. The lowest BCUT2D eigenvalue weighted by atomic mass is 9.69. The summed E-state index contributed by atoms with van der Waals surface area (Å²) in [6.45, 7) is 4.39. The van der Waals surface area contributed by atoms with Crippen molar-refractivity contribution in [1.82, 2.24) is 0 Å². The molecule has 0 aliphatic heterocycles. The van der Waals surface area contributed by atoms with E-state index in [1.165, 1.54) is 77.0 Å². The van der Waals surface area contributed by atoms with E-state index < -0.39 is 0 Å². The number of hydrogen-bond donors (Lipinski definition) is 0. The van der Waals surface area contributed by atoms with Gasteiger partial charge in [0.05, 0.1) is 0 Å². The first-order chi connectivity index (χ1) is 14.2. The highest BCUT2D eigenvalue weighted by Gasteiger charge is 2.30. The summed E-state index contributed by atoms with van der Waals surface area (Å²) in [6, 6.07) is 5.53. The fourth-order valence-electron chi connectivity index (χ4n) is 5.65. The molecule has 0 nitrogen and oxygen atoms in total. The Morgan fingerprint density at radius 2 is 1.55 bits per heavy atom. The van der Waals surface area contributed by atoms with Crippen molar-refractivity contribution in [3.63, 3.8) is 0 Å². The number of rotatable bonds is 7. The minimum atomic E-state index is -0.0901. The first-order valence-corrected chi connectivity index (χ1v) is 12.5. The quantitative estimate of drug-likeness (QED) is 0.321. The summed E-state index contributed by atoms with van der Waals surface area (Å²) in [5.74, 6) is 10.1. The fourth-order valence-corrected chi connectivity index (χ4v) is 5.65. The van der Waals surface area contributed by atoms with E-state index in [4.69, 9.17) is 0 Å². The lowest BCUT2D eigenvalue weighted by Crippen LogP contribution is -2.25. The second-order valence-corrected chi connectivity index (χ2v) is 9.71. The average molecular weight is 397 g/mol. The van der Waals surface area contributed by atoms with Crippen LogP contribution in [0, 0.1) is 41.3 Å². The van der Waals surface area contributed by atoms with Crippen LogP contribution >= 0.6 is 0 Å². The minimum absolute atomic E-state index is 0.0901. The van der Waals surface area contributed by atoms with Gasteiger partial charge in [0, 0.05) is 11.5 Å². The smallest absolute Gasteiger partial charge is 0.127 e. The Balaban J connectivity index is 1.41. The number of halogens is 1. The van der Waals surface area contributed by atoms with Crippen molar-refractivity contribution in [2.45, 2.75) is 104 Å². The van der Waals surface area contributed by atoms with Crippen molar-refractivity contribution >= 4 is 0 Å². The van der Waals surface area contributed by atoms with Crippen LogP contribution in [0.4, 0.5) is 4.39 Å². The summed E-state index contributed by atoms with van der Waals surface area (Å²) in [4.78, 5) is 0. The monoisotopic (exact) mass is 396 g/mol. The van der Waals surface area contributed by atoms with Crippen molar-refractivity contribution in [1.29, 1.82) is 0 Å². The molecule has 29 heavy (non-hydrogen) atoms. The molecule has 2 aliphatic rings. The molecule has 1 heteroatoms. The number of aryl methyl sites for hydroxylation is 1. The largest absolute Gasteiger partial charge is 0.207 e. The molecule has 3 rings (SSSR count). The molecule has 0 saturated heterocycles. The molecule has 160 valence electrons. The normalized spacial score (nSPS) is 27.3. The zero-order chi connectivity index (χ0) is 20.5. The van der Waals surface area contributed by atoms with Gasteiger partial charge in [0.2, 0.25) is 0 Å². The van der Waals surface area contributed by atoms with Crippen molar-refractivity contribution in [3.8, 4) is 11.8 Å². The summed E-state index contributed by atoms with van der Waals surface area (Å²) in [6.07, 6.45) is 18.6. The van der Waals surface area contributed by atoms with Crippen LogP contribution in [0.3, 0.4) is 0 Å². The molecule has 1 aromatic carbocycles. The topological polar surface area (TPSA) is 0 Å². The lowest BCUT2D eigenvalue weighted by molar-refractivity contribution is 0.153. The molecule has 2 aliphatic carbocycles. The van der Waals surface area contributed by atoms with Gasteiger partial charge in [0.25, 0.3) is 0 Å². The first kappa shape index (κ1) is 22.4. The Morgan fingerprint density at radius 1 is 0.862 bits per heavy atom. The maximum absolute atomic E-state index is 14.1. The molecule has 0 radical (unpaired) electrons.